The molecule has 0 unspecified atom stereocenters. The lowest BCUT2D eigenvalue weighted by Gasteiger charge is -2.05. The van der Waals surface area contributed by atoms with Gasteiger partial charge in [0.05, 0.1) is 4.92 Å². The van der Waals surface area contributed by atoms with Gasteiger partial charge in [-0.25, -0.2) is 0 Å². The van der Waals surface area contributed by atoms with Crippen molar-refractivity contribution < 1.29 is 14.2 Å². The van der Waals surface area contributed by atoms with Crippen molar-refractivity contribution in [1.82, 2.24) is 15.5 Å². The number of nitrogens with one attached hydrogen (secondary N) is 1. The third-order valence-corrected chi connectivity index (χ3v) is 2.50. The fourth-order valence-electron chi connectivity index (χ4n) is 1.58. The van der Waals surface area contributed by atoms with E-state index >= 15 is 0 Å². The van der Waals surface area contributed by atoms with E-state index < -0.39 is 10.8 Å². The Balaban J connectivity index is 2.05. The van der Waals surface area contributed by atoms with Gasteiger partial charge in [-0.2, -0.15) is 4.98 Å². The number of hydrogen-bond acceptors (Lipinski definition) is 7. The van der Waals surface area contributed by atoms with Crippen molar-refractivity contribution >= 4 is 17.3 Å². The average Bonchev–Trinajstić information content (AvgIpc) is 2.91. The summed E-state index contributed by atoms with van der Waals surface area (Å²) in [6.07, 6.45) is 1.54. The van der Waals surface area contributed by atoms with Crippen LogP contribution in [0.25, 0.3) is 0 Å². The molecule has 2 rings (SSSR count). The first kappa shape index (κ1) is 13.5. The van der Waals surface area contributed by atoms with E-state index in [0.717, 1.165) is 0 Å². The molecule has 1 heterocycles. The van der Waals surface area contributed by atoms with E-state index in [0.29, 0.717) is 12.2 Å². The van der Waals surface area contributed by atoms with Gasteiger partial charge in [-0.15, -0.1) is 0 Å². The van der Waals surface area contributed by atoms with Crippen LogP contribution in [-0.4, -0.2) is 27.5 Å². The molecule has 1 aromatic heterocycles. The number of nitrogens with zero attached hydrogens (tertiary/aromatic N) is 3. The van der Waals surface area contributed by atoms with Crippen molar-refractivity contribution in [3.05, 3.63) is 46.1 Å². The monoisotopic (exact) mass is 277 g/mol. The molecule has 0 radical (unpaired) electrons. The molecule has 3 N–H and O–H groups in total. The molecule has 0 atom stereocenters. The van der Waals surface area contributed by atoms with E-state index in [1.807, 2.05) is 0 Å². The maximum Gasteiger partial charge on any atom is 0.282 e. The van der Waals surface area contributed by atoms with E-state index in [1.54, 1.807) is 0 Å². The highest BCUT2D eigenvalue weighted by Gasteiger charge is 2.20. The number of benzene rings is 1. The lowest BCUT2D eigenvalue weighted by molar-refractivity contribution is -0.385. The molecule has 20 heavy (non-hydrogen) atoms. The number of nitro groups is 1. The highest BCUT2D eigenvalue weighted by Crippen LogP contribution is 2.20. The number of anilines is 1. The molecule has 1 aromatic carbocycles. The number of nitro benzene ring substituents is 1. The number of hydrogen-bond donors (Lipinski definition) is 2. The Kier molecular flexibility index (Phi) is 3.89. The lowest BCUT2D eigenvalue weighted by atomic mass is 10.1. The van der Waals surface area contributed by atoms with Crippen molar-refractivity contribution in [3.8, 4) is 0 Å². The van der Waals surface area contributed by atoms with E-state index in [1.165, 1.54) is 24.6 Å². The van der Waals surface area contributed by atoms with Crippen LogP contribution >= 0.6 is 0 Å². The van der Waals surface area contributed by atoms with Crippen LogP contribution in [0.5, 0.6) is 0 Å². The topological polar surface area (TPSA) is 137 Å². The minimum atomic E-state index is -0.631. The molecular formula is C11H11N5O4. The maximum absolute atomic E-state index is 11.9. The molecule has 1 amide bonds. The zero-order valence-electron chi connectivity index (χ0n) is 10.3. The maximum atomic E-state index is 11.9. The normalized spacial score (nSPS) is 10.2. The summed E-state index contributed by atoms with van der Waals surface area (Å²) in [5.74, 6) is -0.139. The summed E-state index contributed by atoms with van der Waals surface area (Å²) in [5.41, 5.74) is 5.44. The summed E-state index contributed by atoms with van der Waals surface area (Å²) in [6, 6.07) is 3.83. The first-order chi connectivity index (χ1) is 9.58. The van der Waals surface area contributed by atoms with Crippen LogP contribution < -0.4 is 11.1 Å². The molecule has 0 fully saturated rings. The molecule has 0 aliphatic rings. The van der Waals surface area contributed by atoms with Gasteiger partial charge in [0.15, 0.2) is 5.82 Å². The fourth-order valence-corrected chi connectivity index (χ4v) is 1.58. The molecule has 9 nitrogen and oxygen atoms in total. The van der Waals surface area contributed by atoms with Gasteiger partial charge < -0.3 is 15.6 Å². The Morgan fingerprint density at radius 1 is 1.50 bits per heavy atom. The summed E-state index contributed by atoms with van der Waals surface area (Å²) < 4.78 is 4.54. The fraction of sp³-hybridized carbons (Fsp3) is 0.182. The third kappa shape index (κ3) is 3.07. The van der Waals surface area contributed by atoms with Crippen LogP contribution in [0, 0.1) is 10.1 Å². The SMILES string of the molecule is Nc1ccc([N+](=O)[O-])c(C(=O)NCCc2ncon2)c1. The van der Waals surface area contributed by atoms with Gasteiger partial charge in [0.2, 0.25) is 6.39 Å². The summed E-state index contributed by atoms with van der Waals surface area (Å²) in [4.78, 5) is 25.9. The van der Waals surface area contributed by atoms with Gasteiger partial charge in [0.1, 0.15) is 5.56 Å². The first-order valence-corrected chi connectivity index (χ1v) is 5.65. The second-order valence-corrected chi connectivity index (χ2v) is 3.89. The molecule has 2 aromatic rings. The van der Waals surface area contributed by atoms with Gasteiger partial charge in [0.25, 0.3) is 11.6 Å². The van der Waals surface area contributed by atoms with Crippen molar-refractivity contribution in [3.63, 3.8) is 0 Å². The standard InChI is InChI=1S/C11H11N5O4/c12-7-1-2-9(16(18)19)8(5-7)11(17)13-4-3-10-14-6-20-15-10/h1-2,5-6H,3-4,12H2,(H,13,17). The van der Waals surface area contributed by atoms with Crippen molar-refractivity contribution in [2.75, 3.05) is 12.3 Å². The van der Waals surface area contributed by atoms with E-state index in [2.05, 4.69) is 20.0 Å². The Bertz CT molecular complexity index is 626. The lowest BCUT2D eigenvalue weighted by Crippen LogP contribution is -2.26. The molecule has 0 spiro atoms. The van der Waals surface area contributed by atoms with Crippen molar-refractivity contribution in [2.24, 2.45) is 0 Å². The van der Waals surface area contributed by atoms with Crippen LogP contribution in [0.15, 0.2) is 29.1 Å². The summed E-state index contributed by atoms with van der Waals surface area (Å²) in [5, 5.41) is 17.0. The van der Waals surface area contributed by atoms with Crippen molar-refractivity contribution in [1.29, 1.82) is 0 Å². The number of carbonyl (C=O) groups is 1. The average molecular weight is 277 g/mol. The minimum Gasteiger partial charge on any atom is -0.399 e. The first-order valence-electron chi connectivity index (χ1n) is 5.65. The Morgan fingerprint density at radius 3 is 2.95 bits per heavy atom. The molecular weight excluding hydrogens is 266 g/mol. The Labute approximate surface area is 112 Å². The van der Waals surface area contributed by atoms with Crippen LogP contribution in [0.3, 0.4) is 0 Å². The zero-order valence-corrected chi connectivity index (χ0v) is 10.3. The largest absolute Gasteiger partial charge is 0.399 e. The van der Waals surface area contributed by atoms with Gasteiger partial charge in [-0.1, -0.05) is 5.16 Å². The highest BCUT2D eigenvalue weighted by atomic mass is 16.6. The van der Waals surface area contributed by atoms with Crippen molar-refractivity contribution in [2.45, 2.75) is 6.42 Å². The number of nitrogens with two attached hydrogens (primary N) is 1. The van der Waals surface area contributed by atoms with Crippen LogP contribution in [0.1, 0.15) is 16.2 Å². The summed E-state index contributed by atoms with van der Waals surface area (Å²) in [6.45, 7) is 0.227. The van der Waals surface area contributed by atoms with E-state index in [-0.39, 0.29) is 23.5 Å². The van der Waals surface area contributed by atoms with Gasteiger partial charge in [-0.3, -0.25) is 14.9 Å². The number of carbonyl (C=O) groups excluding carboxylic acids is 1. The van der Waals surface area contributed by atoms with Gasteiger partial charge >= 0.3 is 0 Å². The molecule has 0 saturated carbocycles. The predicted molar refractivity (Wildman–Crippen MR) is 67.8 cm³/mol. The molecule has 104 valence electrons. The summed E-state index contributed by atoms with van der Waals surface area (Å²) >= 11 is 0. The number of amides is 1. The quantitative estimate of drug-likeness (QED) is 0.462. The number of rotatable bonds is 5. The number of nitrogen functional groups attached to an aromatic ring is 1. The molecule has 0 saturated heterocycles. The molecule has 0 aliphatic heterocycles. The minimum absolute atomic E-state index is 0.0805. The third-order valence-electron chi connectivity index (χ3n) is 2.50. The second-order valence-electron chi connectivity index (χ2n) is 3.89. The molecule has 0 aliphatic carbocycles. The molecule has 0 bridgehead atoms. The Hall–Kier alpha value is -2.97. The predicted octanol–water partition coefficient (Wildman–Crippen LogP) is 0.532. The zero-order chi connectivity index (χ0) is 14.5. The Morgan fingerprint density at radius 2 is 2.30 bits per heavy atom. The van der Waals surface area contributed by atoms with Crippen LogP contribution in [-0.2, 0) is 6.42 Å². The number of aromatic nitrogens is 2. The second kappa shape index (κ2) is 5.78. The van der Waals surface area contributed by atoms with E-state index in [9.17, 15) is 14.9 Å². The van der Waals surface area contributed by atoms with Crippen LogP contribution in [0.4, 0.5) is 11.4 Å². The smallest absolute Gasteiger partial charge is 0.282 e. The van der Waals surface area contributed by atoms with Gasteiger partial charge in [0, 0.05) is 24.7 Å². The van der Waals surface area contributed by atoms with E-state index in [4.69, 9.17) is 5.73 Å². The summed E-state index contributed by atoms with van der Waals surface area (Å²) in [7, 11) is 0. The van der Waals surface area contributed by atoms with Crippen LogP contribution in [0.2, 0.25) is 0 Å². The molecule has 9 heteroatoms. The van der Waals surface area contributed by atoms with Gasteiger partial charge in [-0.05, 0) is 12.1 Å². The highest BCUT2D eigenvalue weighted by molar-refractivity contribution is 5.99.